The molecule has 1 atom stereocenters. The minimum Gasteiger partial charge on any atom is -0.469 e. The molecule has 1 aromatic carbocycles. The van der Waals surface area contributed by atoms with E-state index in [0.29, 0.717) is 17.7 Å². The lowest BCUT2D eigenvalue weighted by Crippen LogP contribution is -2.40. The summed E-state index contributed by atoms with van der Waals surface area (Å²) >= 11 is 1.29. The molecule has 1 aliphatic rings. The van der Waals surface area contributed by atoms with Gasteiger partial charge in [0.2, 0.25) is 5.91 Å². The van der Waals surface area contributed by atoms with Gasteiger partial charge in [-0.1, -0.05) is 36.0 Å². The van der Waals surface area contributed by atoms with Crippen molar-refractivity contribution in [3.05, 3.63) is 53.5 Å². The Hall–Kier alpha value is -2.54. The van der Waals surface area contributed by atoms with Crippen molar-refractivity contribution in [2.75, 3.05) is 6.54 Å². The number of rotatable bonds is 4. The Balaban J connectivity index is 1.42. The van der Waals surface area contributed by atoms with Crippen LogP contribution in [0.1, 0.15) is 23.8 Å². The van der Waals surface area contributed by atoms with Crippen LogP contribution in [-0.4, -0.2) is 32.8 Å². The third kappa shape index (κ3) is 3.26. The number of hydrogen-bond acceptors (Lipinski definition) is 6. The van der Waals surface area contributed by atoms with E-state index in [-0.39, 0.29) is 11.2 Å². The zero-order chi connectivity index (χ0) is 18.1. The van der Waals surface area contributed by atoms with Crippen LogP contribution in [0.15, 0.2) is 50.7 Å². The number of fused-ring (bicyclic) bond motifs is 1. The average molecular weight is 369 g/mol. The van der Waals surface area contributed by atoms with Gasteiger partial charge in [-0.05, 0) is 37.5 Å². The third-order valence-corrected chi connectivity index (χ3v) is 5.49. The number of hydrogen-bond donors (Lipinski definition) is 0. The number of benzene rings is 1. The molecule has 0 saturated heterocycles. The molecule has 0 N–H and O–H groups in total. The van der Waals surface area contributed by atoms with Gasteiger partial charge >= 0.3 is 0 Å². The highest BCUT2D eigenvalue weighted by Crippen LogP contribution is 2.29. The normalized spacial score (nSPS) is 14.9. The van der Waals surface area contributed by atoms with E-state index in [1.807, 2.05) is 30.9 Å². The summed E-state index contributed by atoms with van der Waals surface area (Å²) in [5.41, 5.74) is 3.32. The summed E-state index contributed by atoms with van der Waals surface area (Å²) in [6.45, 7) is 5.11. The summed E-state index contributed by atoms with van der Waals surface area (Å²) in [5, 5.41) is 8.20. The molecule has 0 spiro atoms. The second-order valence-electron chi connectivity index (χ2n) is 6.30. The molecule has 3 aromatic rings. The first kappa shape index (κ1) is 16.9. The van der Waals surface area contributed by atoms with Gasteiger partial charge < -0.3 is 13.7 Å². The average Bonchev–Trinajstić information content (AvgIpc) is 3.29. The fourth-order valence-electron chi connectivity index (χ4n) is 3.12. The van der Waals surface area contributed by atoms with Crippen molar-refractivity contribution < 1.29 is 13.6 Å². The monoisotopic (exact) mass is 369 g/mol. The van der Waals surface area contributed by atoms with E-state index in [9.17, 15) is 4.79 Å². The van der Waals surface area contributed by atoms with Gasteiger partial charge in [0.1, 0.15) is 5.76 Å². The maximum Gasteiger partial charge on any atom is 0.277 e. The van der Waals surface area contributed by atoms with E-state index in [1.165, 1.54) is 22.9 Å². The van der Waals surface area contributed by atoms with Gasteiger partial charge in [-0.15, -0.1) is 10.2 Å². The van der Waals surface area contributed by atoms with Crippen LogP contribution >= 0.6 is 11.8 Å². The number of nitrogens with zero attached hydrogens (tertiary/aromatic N) is 3. The molecule has 0 unspecified atom stereocenters. The van der Waals surface area contributed by atoms with Crippen LogP contribution in [-0.2, 0) is 17.8 Å². The first-order valence-corrected chi connectivity index (χ1v) is 9.40. The SMILES string of the molecule is Cc1occc1-c1nnc(S[C@@H](C)C(=O)N2CCc3ccccc3C2)o1. The summed E-state index contributed by atoms with van der Waals surface area (Å²) in [6, 6.07) is 10.1. The van der Waals surface area contributed by atoms with Gasteiger partial charge in [0.05, 0.1) is 17.1 Å². The van der Waals surface area contributed by atoms with E-state index < -0.39 is 0 Å². The number of aromatic nitrogens is 2. The predicted molar refractivity (Wildman–Crippen MR) is 97.6 cm³/mol. The van der Waals surface area contributed by atoms with Gasteiger partial charge in [0.15, 0.2) is 0 Å². The van der Waals surface area contributed by atoms with E-state index in [2.05, 4.69) is 22.3 Å². The molecular formula is C19H19N3O3S. The van der Waals surface area contributed by atoms with Gasteiger partial charge in [-0.2, -0.15) is 0 Å². The second kappa shape index (κ2) is 6.99. The number of carbonyl (C=O) groups excluding carboxylic acids is 1. The van der Waals surface area contributed by atoms with Gasteiger partial charge in [0, 0.05) is 13.1 Å². The molecule has 2 aromatic heterocycles. The van der Waals surface area contributed by atoms with Crippen molar-refractivity contribution in [1.82, 2.24) is 15.1 Å². The quantitative estimate of drug-likeness (QED) is 0.653. The topological polar surface area (TPSA) is 72.4 Å². The minimum atomic E-state index is -0.293. The number of furan rings is 1. The summed E-state index contributed by atoms with van der Waals surface area (Å²) < 4.78 is 10.9. The van der Waals surface area contributed by atoms with E-state index in [4.69, 9.17) is 8.83 Å². The van der Waals surface area contributed by atoms with E-state index >= 15 is 0 Å². The van der Waals surface area contributed by atoms with Crippen LogP contribution in [0, 0.1) is 6.92 Å². The van der Waals surface area contributed by atoms with Crippen LogP contribution in [0.25, 0.3) is 11.5 Å². The van der Waals surface area contributed by atoms with Crippen LogP contribution in [0.2, 0.25) is 0 Å². The number of amides is 1. The Kier molecular flexibility index (Phi) is 4.55. The lowest BCUT2D eigenvalue weighted by molar-refractivity contribution is -0.131. The van der Waals surface area contributed by atoms with Crippen LogP contribution in [0.5, 0.6) is 0 Å². The van der Waals surface area contributed by atoms with Gasteiger partial charge in [-0.25, -0.2) is 0 Å². The molecule has 6 nitrogen and oxygen atoms in total. The Morgan fingerprint density at radius 2 is 2.04 bits per heavy atom. The van der Waals surface area contributed by atoms with Crippen molar-refractivity contribution in [3.8, 4) is 11.5 Å². The molecule has 0 radical (unpaired) electrons. The number of thioether (sulfide) groups is 1. The predicted octanol–water partition coefficient (Wildman–Crippen LogP) is 3.70. The standard InChI is InChI=1S/C19H19N3O3S/c1-12-16(8-10-24-12)17-20-21-19(25-17)26-13(2)18(23)22-9-7-14-5-3-4-6-15(14)11-22/h3-6,8,10,13H,7,9,11H2,1-2H3/t13-/m0/s1. The molecule has 0 fully saturated rings. The van der Waals surface area contributed by atoms with Crippen LogP contribution in [0.3, 0.4) is 0 Å². The molecule has 0 aliphatic carbocycles. The van der Waals surface area contributed by atoms with Gasteiger partial charge in [0.25, 0.3) is 11.1 Å². The van der Waals surface area contributed by atoms with E-state index in [1.54, 1.807) is 12.3 Å². The van der Waals surface area contributed by atoms with Crippen molar-refractivity contribution in [2.45, 2.75) is 37.3 Å². The van der Waals surface area contributed by atoms with Crippen molar-refractivity contribution >= 4 is 17.7 Å². The molecule has 26 heavy (non-hydrogen) atoms. The molecule has 134 valence electrons. The molecule has 4 rings (SSSR count). The van der Waals surface area contributed by atoms with Gasteiger partial charge in [-0.3, -0.25) is 4.79 Å². The maximum atomic E-state index is 12.8. The number of aryl methyl sites for hydroxylation is 1. The summed E-state index contributed by atoms with van der Waals surface area (Å²) in [5.74, 6) is 1.22. The highest BCUT2D eigenvalue weighted by molar-refractivity contribution is 8.00. The fourth-order valence-corrected chi connectivity index (χ4v) is 3.88. The second-order valence-corrected chi connectivity index (χ2v) is 7.59. The Morgan fingerprint density at radius 3 is 2.81 bits per heavy atom. The molecule has 3 heterocycles. The Morgan fingerprint density at radius 1 is 1.23 bits per heavy atom. The molecule has 1 aliphatic heterocycles. The minimum absolute atomic E-state index is 0.0868. The zero-order valence-corrected chi connectivity index (χ0v) is 15.5. The van der Waals surface area contributed by atoms with E-state index in [0.717, 1.165) is 24.3 Å². The van der Waals surface area contributed by atoms with Crippen molar-refractivity contribution in [2.24, 2.45) is 0 Å². The molecule has 0 saturated carbocycles. The smallest absolute Gasteiger partial charge is 0.277 e. The summed E-state index contributed by atoms with van der Waals surface area (Å²) in [6.07, 6.45) is 2.48. The first-order valence-electron chi connectivity index (χ1n) is 8.52. The summed E-state index contributed by atoms with van der Waals surface area (Å²) in [7, 11) is 0. The molecular weight excluding hydrogens is 350 g/mol. The highest BCUT2D eigenvalue weighted by atomic mass is 32.2. The molecule has 1 amide bonds. The maximum absolute atomic E-state index is 12.8. The third-order valence-electron chi connectivity index (χ3n) is 4.56. The highest BCUT2D eigenvalue weighted by Gasteiger charge is 2.26. The first-order chi connectivity index (χ1) is 12.6. The van der Waals surface area contributed by atoms with Crippen LogP contribution in [0.4, 0.5) is 0 Å². The fraction of sp³-hybridized carbons (Fsp3) is 0.316. The molecule has 0 bridgehead atoms. The summed E-state index contributed by atoms with van der Waals surface area (Å²) in [4.78, 5) is 14.7. The lowest BCUT2D eigenvalue weighted by atomic mass is 10.00. The van der Waals surface area contributed by atoms with Crippen molar-refractivity contribution in [3.63, 3.8) is 0 Å². The lowest BCUT2D eigenvalue weighted by Gasteiger charge is -2.30. The molecule has 7 heteroatoms. The Bertz CT molecular complexity index is 934. The van der Waals surface area contributed by atoms with Crippen molar-refractivity contribution in [1.29, 1.82) is 0 Å². The number of carbonyl (C=O) groups is 1. The zero-order valence-electron chi connectivity index (χ0n) is 14.6. The largest absolute Gasteiger partial charge is 0.469 e. The Labute approximate surface area is 155 Å². The van der Waals surface area contributed by atoms with Crippen LogP contribution < -0.4 is 0 Å².